The van der Waals surface area contributed by atoms with Crippen LogP contribution in [0.2, 0.25) is 0 Å². The molecule has 0 radical (unpaired) electrons. The van der Waals surface area contributed by atoms with E-state index in [0.29, 0.717) is 30.7 Å². The van der Waals surface area contributed by atoms with E-state index in [1.54, 1.807) is 7.05 Å². The molecule has 1 aromatic heterocycles. The number of amides is 1. The van der Waals surface area contributed by atoms with Gasteiger partial charge in [-0.1, -0.05) is 24.3 Å². The van der Waals surface area contributed by atoms with Crippen molar-refractivity contribution < 1.29 is 14.0 Å². The Morgan fingerprint density at radius 2 is 2.04 bits per heavy atom. The third-order valence-electron chi connectivity index (χ3n) is 4.50. The van der Waals surface area contributed by atoms with Crippen molar-refractivity contribution in [3.05, 3.63) is 58.9 Å². The molecule has 0 bridgehead atoms. The van der Waals surface area contributed by atoms with E-state index in [0.717, 1.165) is 27.8 Å². The quantitative estimate of drug-likeness (QED) is 0.640. The number of carbonyl (C=O) groups excluding carboxylic acids is 1. The van der Waals surface area contributed by atoms with E-state index in [2.05, 4.69) is 15.8 Å². The molecule has 0 unspecified atom stereocenters. The van der Waals surface area contributed by atoms with Gasteiger partial charge in [0, 0.05) is 30.2 Å². The summed E-state index contributed by atoms with van der Waals surface area (Å²) in [6.45, 7) is 1.01. The number of aromatic amines is 1. The molecule has 0 spiro atoms. The number of rotatable bonds is 4. The van der Waals surface area contributed by atoms with Crippen molar-refractivity contribution in [2.24, 2.45) is 0 Å². The molecule has 2 heterocycles. The van der Waals surface area contributed by atoms with Crippen molar-refractivity contribution in [1.29, 1.82) is 0 Å². The lowest BCUT2D eigenvalue weighted by Crippen LogP contribution is -2.23. The van der Waals surface area contributed by atoms with Crippen LogP contribution in [0.3, 0.4) is 0 Å². The third kappa shape index (κ3) is 2.79. The molecule has 1 aliphatic heterocycles. The largest absolute Gasteiger partial charge is 0.354 e. The highest BCUT2D eigenvalue weighted by Crippen LogP contribution is 2.34. The first-order chi connectivity index (χ1) is 12.2. The van der Waals surface area contributed by atoms with Crippen LogP contribution in [0.15, 0.2) is 36.4 Å². The average Bonchev–Trinajstić information content (AvgIpc) is 2.89. The molecule has 0 aliphatic carbocycles. The fourth-order valence-corrected chi connectivity index (χ4v) is 3.36. The Balaban J connectivity index is 1.84. The number of hydrogen-bond acceptors (Lipinski definition) is 3. The van der Waals surface area contributed by atoms with E-state index < -0.39 is 5.82 Å². The minimum atomic E-state index is -0.418. The molecular formula is C19H18FN3O2. The number of hydroxylamine groups is 1. The van der Waals surface area contributed by atoms with Crippen molar-refractivity contribution in [2.75, 3.05) is 13.6 Å². The van der Waals surface area contributed by atoms with Crippen molar-refractivity contribution in [3.63, 3.8) is 0 Å². The molecule has 0 saturated carbocycles. The van der Waals surface area contributed by atoms with E-state index in [4.69, 9.17) is 4.84 Å². The second-order valence-electron chi connectivity index (χ2n) is 6.05. The summed E-state index contributed by atoms with van der Waals surface area (Å²) in [5.74, 6) is -0.646. The predicted octanol–water partition coefficient (Wildman–Crippen LogP) is 2.91. The smallest absolute Gasteiger partial charge is 0.252 e. The molecule has 25 heavy (non-hydrogen) atoms. The van der Waals surface area contributed by atoms with Crippen molar-refractivity contribution in [2.45, 2.75) is 13.0 Å². The van der Waals surface area contributed by atoms with Crippen molar-refractivity contribution in [1.82, 2.24) is 15.8 Å². The first-order valence-corrected chi connectivity index (χ1v) is 8.17. The summed E-state index contributed by atoms with van der Waals surface area (Å²) in [7, 11) is 1.72. The molecule has 0 fully saturated rings. The zero-order valence-corrected chi connectivity index (χ0v) is 13.8. The fourth-order valence-electron chi connectivity index (χ4n) is 3.36. The molecule has 2 aromatic carbocycles. The summed E-state index contributed by atoms with van der Waals surface area (Å²) in [6.07, 6.45) is 0.699. The summed E-state index contributed by atoms with van der Waals surface area (Å²) in [6, 6.07) is 10.7. The standard InChI is InChI=1S/C19H18FN3O2/c1-21-25-10-11-2-4-12(5-3-11)18-14-6-7-22-19(24)15-8-13(20)9-16(23-18)17(14)15/h2-5,8-9,21,23H,6-7,10H2,1H3,(H,22,24). The van der Waals surface area contributed by atoms with E-state index in [1.165, 1.54) is 12.1 Å². The fraction of sp³-hybridized carbons (Fsp3) is 0.211. The first-order valence-electron chi connectivity index (χ1n) is 8.17. The summed E-state index contributed by atoms with van der Waals surface area (Å²) in [4.78, 5) is 20.7. The molecule has 3 N–H and O–H groups in total. The van der Waals surface area contributed by atoms with Crippen molar-refractivity contribution in [3.8, 4) is 11.3 Å². The van der Waals surface area contributed by atoms with E-state index in [1.807, 2.05) is 24.3 Å². The van der Waals surface area contributed by atoms with Gasteiger partial charge < -0.3 is 10.3 Å². The van der Waals surface area contributed by atoms with Gasteiger partial charge in [0.05, 0.1) is 12.2 Å². The monoisotopic (exact) mass is 339 g/mol. The van der Waals surface area contributed by atoms with Gasteiger partial charge in [-0.25, -0.2) is 9.87 Å². The Morgan fingerprint density at radius 3 is 2.80 bits per heavy atom. The normalized spacial score (nSPS) is 13.8. The van der Waals surface area contributed by atoms with Crippen LogP contribution < -0.4 is 10.8 Å². The second kappa shape index (κ2) is 6.31. The van der Waals surface area contributed by atoms with Crippen LogP contribution in [0.5, 0.6) is 0 Å². The van der Waals surface area contributed by atoms with Gasteiger partial charge in [-0.05, 0) is 35.2 Å². The summed E-state index contributed by atoms with van der Waals surface area (Å²) >= 11 is 0. The van der Waals surface area contributed by atoms with E-state index in [9.17, 15) is 9.18 Å². The maximum atomic E-state index is 13.9. The minimum Gasteiger partial charge on any atom is -0.354 e. The summed E-state index contributed by atoms with van der Waals surface area (Å²) < 4.78 is 13.9. The number of halogens is 1. The number of nitrogens with one attached hydrogen (secondary N) is 3. The van der Waals surface area contributed by atoms with Gasteiger partial charge in [0.25, 0.3) is 5.91 Å². The molecular weight excluding hydrogens is 321 g/mol. The lowest BCUT2D eigenvalue weighted by atomic mass is 10.00. The maximum absolute atomic E-state index is 13.9. The van der Waals surface area contributed by atoms with Crippen LogP contribution in [-0.4, -0.2) is 24.5 Å². The van der Waals surface area contributed by atoms with Gasteiger partial charge in [0.1, 0.15) is 5.82 Å². The molecule has 128 valence electrons. The third-order valence-corrected chi connectivity index (χ3v) is 4.50. The molecule has 3 aromatic rings. The number of H-pyrrole nitrogens is 1. The summed E-state index contributed by atoms with van der Waals surface area (Å²) in [5.41, 5.74) is 7.71. The molecule has 4 rings (SSSR count). The van der Waals surface area contributed by atoms with Gasteiger partial charge in [-0.2, -0.15) is 0 Å². The molecule has 0 saturated heterocycles. The topological polar surface area (TPSA) is 66.2 Å². The van der Waals surface area contributed by atoms with Gasteiger partial charge in [0.15, 0.2) is 0 Å². The minimum absolute atomic E-state index is 0.228. The zero-order chi connectivity index (χ0) is 17.4. The van der Waals surface area contributed by atoms with Gasteiger partial charge in [-0.15, -0.1) is 0 Å². The highest BCUT2D eigenvalue weighted by Gasteiger charge is 2.23. The van der Waals surface area contributed by atoms with Crippen LogP contribution in [0.4, 0.5) is 4.39 Å². The Labute approximate surface area is 144 Å². The number of benzene rings is 2. The molecule has 0 atom stereocenters. The zero-order valence-electron chi connectivity index (χ0n) is 13.8. The first kappa shape index (κ1) is 15.8. The maximum Gasteiger partial charge on any atom is 0.252 e. The number of aromatic nitrogens is 1. The van der Waals surface area contributed by atoms with E-state index >= 15 is 0 Å². The Hall–Kier alpha value is -2.70. The van der Waals surface area contributed by atoms with Crippen LogP contribution in [0.25, 0.3) is 22.2 Å². The Bertz CT molecular complexity index is 947. The second-order valence-corrected chi connectivity index (χ2v) is 6.05. The Morgan fingerprint density at radius 1 is 1.24 bits per heavy atom. The highest BCUT2D eigenvalue weighted by atomic mass is 19.1. The van der Waals surface area contributed by atoms with Crippen LogP contribution in [-0.2, 0) is 17.9 Å². The number of carbonyl (C=O) groups is 1. The predicted molar refractivity (Wildman–Crippen MR) is 93.6 cm³/mol. The molecule has 1 amide bonds. The van der Waals surface area contributed by atoms with E-state index in [-0.39, 0.29) is 5.91 Å². The Kier molecular flexibility index (Phi) is 3.99. The highest BCUT2D eigenvalue weighted by molar-refractivity contribution is 6.10. The van der Waals surface area contributed by atoms with Crippen LogP contribution in [0, 0.1) is 5.82 Å². The lowest BCUT2D eigenvalue weighted by Gasteiger charge is -2.06. The van der Waals surface area contributed by atoms with Crippen LogP contribution >= 0.6 is 0 Å². The van der Waals surface area contributed by atoms with Gasteiger partial charge >= 0.3 is 0 Å². The molecule has 5 nitrogen and oxygen atoms in total. The van der Waals surface area contributed by atoms with Crippen LogP contribution in [0.1, 0.15) is 21.5 Å². The molecule has 1 aliphatic rings. The van der Waals surface area contributed by atoms with Gasteiger partial charge in [-0.3, -0.25) is 9.63 Å². The van der Waals surface area contributed by atoms with Crippen molar-refractivity contribution >= 4 is 16.8 Å². The van der Waals surface area contributed by atoms with Gasteiger partial charge in [0.2, 0.25) is 0 Å². The number of hydrogen-bond donors (Lipinski definition) is 3. The summed E-state index contributed by atoms with van der Waals surface area (Å²) in [5, 5.41) is 3.65. The lowest BCUT2D eigenvalue weighted by molar-refractivity contribution is 0.0444. The average molecular weight is 339 g/mol. The SMILES string of the molecule is CNOCc1ccc(-c2[nH]c3cc(F)cc4c3c2CCNC4=O)cc1. The molecule has 6 heteroatoms.